The summed E-state index contributed by atoms with van der Waals surface area (Å²) in [6.45, 7) is 8.29. The Morgan fingerprint density at radius 3 is 2.25 bits per heavy atom. The van der Waals surface area contributed by atoms with E-state index in [1.165, 1.54) is 18.2 Å². The lowest BCUT2D eigenvalue weighted by Gasteiger charge is -2.32. The first-order valence-electron chi connectivity index (χ1n) is 10.5. The smallest absolute Gasteiger partial charge is 0.243 e. The Balaban J connectivity index is 3.03. The number of amides is 3. The van der Waals surface area contributed by atoms with Crippen LogP contribution in [0, 0.1) is 33.2 Å². The SMILES string of the molecule is CC(C)C[C@H](C[N+](=O)[O-])C(=O)N[C@H](C(=O)N[C@H](Cc1cccc(F)c1)C(N)=O)C(C)(C)C. The summed E-state index contributed by atoms with van der Waals surface area (Å²) in [5, 5.41) is 16.1. The maximum Gasteiger partial charge on any atom is 0.243 e. The van der Waals surface area contributed by atoms with E-state index in [9.17, 15) is 28.9 Å². The maximum absolute atomic E-state index is 13.5. The average molecular weight is 453 g/mol. The molecule has 0 fully saturated rings. The fourth-order valence-corrected chi connectivity index (χ4v) is 3.33. The van der Waals surface area contributed by atoms with E-state index in [4.69, 9.17) is 5.73 Å². The lowest BCUT2D eigenvalue weighted by atomic mass is 9.85. The van der Waals surface area contributed by atoms with Gasteiger partial charge in [-0.25, -0.2) is 4.39 Å². The number of benzene rings is 1. The molecule has 0 aromatic heterocycles. The number of hydrogen-bond acceptors (Lipinski definition) is 5. The summed E-state index contributed by atoms with van der Waals surface area (Å²) in [7, 11) is 0. The molecular weight excluding hydrogens is 419 g/mol. The van der Waals surface area contributed by atoms with Crippen molar-refractivity contribution in [2.75, 3.05) is 6.54 Å². The molecule has 178 valence electrons. The highest BCUT2D eigenvalue weighted by molar-refractivity contribution is 5.92. The van der Waals surface area contributed by atoms with Gasteiger partial charge in [0.15, 0.2) is 0 Å². The van der Waals surface area contributed by atoms with Crippen molar-refractivity contribution >= 4 is 17.7 Å². The molecule has 32 heavy (non-hydrogen) atoms. The summed E-state index contributed by atoms with van der Waals surface area (Å²) < 4.78 is 13.5. The zero-order valence-corrected chi connectivity index (χ0v) is 19.2. The van der Waals surface area contributed by atoms with Gasteiger partial charge in [-0.15, -0.1) is 0 Å². The fraction of sp³-hybridized carbons (Fsp3) is 0.591. The maximum atomic E-state index is 13.5. The van der Waals surface area contributed by atoms with Crippen LogP contribution in [0.25, 0.3) is 0 Å². The van der Waals surface area contributed by atoms with Gasteiger partial charge in [-0.3, -0.25) is 24.5 Å². The third kappa shape index (κ3) is 8.99. The number of nitrogens with one attached hydrogen (secondary N) is 2. The Morgan fingerprint density at radius 2 is 1.78 bits per heavy atom. The first-order chi connectivity index (χ1) is 14.7. The number of nitro groups is 1. The molecule has 9 nitrogen and oxygen atoms in total. The Kier molecular flexibility index (Phi) is 9.74. The number of halogens is 1. The van der Waals surface area contributed by atoms with Crippen molar-refractivity contribution in [3.05, 3.63) is 45.8 Å². The quantitative estimate of drug-likeness (QED) is 0.346. The fourth-order valence-electron chi connectivity index (χ4n) is 3.33. The van der Waals surface area contributed by atoms with Gasteiger partial charge in [0, 0.05) is 11.3 Å². The largest absolute Gasteiger partial charge is 0.368 e. The van der Waals surface area contributed by atoms with Gasteiger partial charge < -0.3 is 16.4 Å². The Bertz CT molecular complexity index is 838. The van der Waals surface area contributed by atoms with Crippen molar-refractivity contribution in [3.63, 3.8) is 0 Å². The Morgan fingerprint density at radius 1 is 1.16 bits per heavy atom. The molecule has 0 spiro atoms. The van der Waals surface area contributed by atoms with Gasteiger partial charge in [-0.1, -0.05) is 46.8 Å². The second-order valence-corrected chi connectivity index (χ2v) is 9.45. The van der Waals surface area contributed by atoms with Crippen LogP contribution in [0.1, 0.15) is 46.6 Å². The monoisotopic (exact) mass is 452 g/mol. The number of rotatable bonds is 11. The van der Waals surface area contributed by atoms with E-state index < -0.39 is 58.4 Å². The van der Waals surface area contributed by atoms with E-state index in [1.807, 2.05) is 13.8 Å². The number of primary amides is 1. The average Bonchev–Trinajstić information content (AvgIpc) is 2.62. The molecule has 0 bridgehead atoms. The number of nitrogens with two attached hydrogens (primary N) is 1. The molecule has 0 heterocycles. The van der Waals surface area contributed by atoms with Crippen molar-refractivity contribution in [2.45, 2.75) is 59.5 Å². The van der Waals surface area contributed by atoms with Gasteiger partial charge in [0.25, 0.3) is 0 Å². The standard InChI is InChI=1S/C22H33FN4O5/c1-13(2)9-15(12-27(31)32)20(29)26-18(22(3,4)5)21(30)25-17(19(24)28)11-14-7-6-8-16(23)10-14/h6-8,10,13,15,17-18H,9,11-12H2,1-5H3,(H2,24,28)(H,25,30)(H,26,29)/t15-,17-,18-/m1/s1. The number of hydrogen-bond donors (Lipinski definition) is 3. The highest BCUT2D eigenvalue weighted by Crippen LogP contribution is 2.21. The predicted octanol–water partition coefficient (Wildman–Crippen LogP) is 1.81. The predicted molar refractivity (Wildman–Crippen MR) is 117 cm³/mol. The molecule has 1 aromatic rings. The summed E-state index contributed by atoms with van der Waals surface area (Å²) in [5.74, 6) is -3.42. The molecule has 3 atom stereocenters. The first-order valence-corrected chi connectivity index (χ1v) is 10.5. The molecule has 1 aromatic carbocycles. The van der Waals surface area contributed by atoms with Gasteiger partial charge in [0.05, 0.1) is 0 Å². The Labute approximate surface area is 187 Å². The van der Waals surface area contributed by atoms with Crippen molar-refractivity contribution in [1.82, 2.24) is 10.6 Å². The van der Waals surface area contributed by atoms with Crippen LogP contribution in [0.3, 0.4) is 0 Å². The highest BCUT2D eigenvalue weighted by Gasteiger charge is 2.37. The number of carbonyl (C=O) groups is 3. The zero-order chi connectivity index (χ0) is 24.6. The van der Waals surface area contributed by atoms with E-state index in [1.54, 1.807) is 26.8 Å². The van der Waals surface area contributed by atoms with Crippen LogP contribution in [0.15, 0.2) is 24.3 Å². The minimum absolute atomic E-state index is 0.0268. The zero-order valence-electron chi connectivity index (χ0n) is 19.2. The van der Waals surface area contributed by atoms with E-state index in [0.717, 1.165) is 0 Å². The molecule has 4 N–H and O–H groups in total. The lowest BCUT2D eigenvalue weighted by molar-refractivity contribution is -0.486. The van der Waals surface area contributed by atoms with Crippen molar-refractivity contribution < 1.29 is 23.7 Å². The van der Waals surface area contributed by atoms with Crippen molar-refractivity contribution in [3.8, 4) is 0 Å². The summed E-state index contributed by atoms with van der Waals surface area (Å²) in [6.07, 6.45) is 0.260. The van der Waals surface area contributed by atoms with Gasteiger partial charge in [0.1, 0.15) is 23.8 Å². The number of nitrogens with zero attached hydrogens (tertiary/aromatic N) is 1. The molecule has 0 unspecified atom stereocenters. The van der Waals surface area contributed by atoms with Gasteiger partial charge >= 0.3 is 0 Å². The van der Waals surface area contributed by atoms with Crippen molar-refractivity contribution in [2.24, 2.45) is 23.0 Å². The Hall–Kier alpha value is -3.04. The van der Waals surface area contributed by atoms with Crippen LogP contribution in [-0.4, -0.2) is 41.3 Å². The normalized spacial score (nSPS) is 14.3. The van der Waals surface area contributed by atoms with Gasteiger partial charge in [0.2, 0.25) is 24.3 Å². The third-order valence-corrected chi connectivity index (χ3v) is 4.90. The summed E-state index contributed by atoms with van der Waals surface area (Å²) >= 11 is 0. The molecule has 10 heteroatoms. The minimum atomic E-state index is -1.13. The van der Waals surface area contributed by atoms with Crippen LogP contribution in [0.5, 0.6) is 0 Å². The van der Waals surface area contributed by atoms with E-state index in [2.05, 4.69) is 10.6 Å². The molecule has 1 rings (SSSR count). The van der Waals surface area contributed by atoms with E-state index in [-0.39, 0.29) is 18.8 Å². The molecule has 0 aliphatic rings. The molecule has 0 saturated carbocycles. The van der Waals surface area contributed by atoms with Crippen LogP contribution < -0.4 is 16.4 Å². The van der Waals surface area contributed by atoms with Crippen LogP contribution >= 0.6 is 0 Å². The van der Waals surface area contributed by atoms with Gasteiger partial charge in [-0.2, -0.15) is 0 Å². The molecule has 0 aliphatic carbocycles. The number of carbonyl (C=O) groups excluding carboxylic acids is 3. The minimum Gasteiger partial charge on any atom is -0.368 e. The second-order valence-electron chi connectivity index (χ2n) is 9.45. The molecule has 3 amide bonds. The van der Waals surface area contributed by atoms with Crippen LogP contribution in [0.2, 0.25) is 0 Å². The van der Waals surface area contributed by atoms with Crippen LogP contribution in [0.4, 0.5) is 4.39 Å². The van der Waals surface area contributed by atoms with Gasteiger partial charge in [-0.05, 0) is 35.4 Å². The van der Waals surface area contributed by atoms with Crippen molar-refractivity contribution in [1.29, 1.82) is 0 Å². The molecule has 0 aliphatic heterocycles. The first kappa shape index (κ1) is 27.0. The van der Waals surface area contributed by atoms with E-state index >= 15 is 0 Å². The third-order valence-electron chi connectivity index (χ3n) is 4.90. The summed E-state index contributed by atoms with van der Waals surface area (Å²) in [4.78, 5) is 48.2. The topological polar surface area (TPSA) is 144 Å². The van der Waals surface area contributed by atoms with E-state index in [0.29, 0.717) is 5.56 Å². The lowest BCUT2D eigenvalue weighted by Crippen LogP contribution is -2.58. The molecule has 0 saturated heterocycles. The summed E-state index contributed by atoms with van der Waals surface area (Å²) in [6, 6.07) is 3.36. The molecular formula is C22H33FN4O5. The van der Waals surface area contributed by atoms with Crippen LogP contribution in [-0.2, 0) is 20.8 Å². The second kappa shape index (κ2) is 11.5. The highest BCUT2D eigenvalue weighted by atomic mass is 19.1. The summed E-state index contributed by atoms with van der Waals surface area (Å²) in [5.41, 5.74) is 5.13. The molecule has 0 radical (unpaired) electrons.